The minimum atomic E-state index is 0.133. The summed E-state index contributed by atoms with van der Waals surface area (Å²) in [4.78, 5) is 0. The van der Waals surface area contributed by atoms with Crippen molar-refractivity contribution in [3.63, 3.8) is 0 Å². The maximum absolute atomic E-state index is 5.61. The van der Waals surface area contributed by atoms with Crippen LogP contribution < -0.4 is 10.6 Å². The monoisotopic (exact) mass is 268 g/mol. The number of ether oxygens (including phenoxy) is 1. The number of nitrogens with one attached hydrogen (secondary N) is 2. The zero-order valence-corrected chi connectivity index (χ0v) is 13.7. The average molecular weight is 268 g/mol. The molecule has 0 aromatic rings. The molecule has 2 N–H and O–H groups in total. The Balaban J connectivity index is 3.73. The number of rotatable bonds is 8. The first kappa shape index (κ1) is 18.2. The highest BCUT2D eigenvalue weighted by Crippen LogP contribution is 2.10. The van der Waals surface area contributed by atoms with Gasteiger partial charge in [-0.1, -0.05) is 13.2 Å². The van der Waals surface area contributed by atoms with Crippen LogP contribution in [-0.2, 0) is 4.74 Å². The van der Waals surface area contributed by atoms with Crippen molar-refractivity contribution < 1.29 is 4.74 Å². The molecule has 0 aliphatic rings. The predicted octanol–water partition coefficient (Wildman–Crippen LogP) is 3.59. The lowest BCUT2D eigenvalue weighted by molar-refractivity contribution is 0.270. The SMILES string of the molecule is C=C(CCNC(C)(C)C)OC(=C)CCNC(C)(C)C. The maximum atomic E-state index is 5.61. The fourth-order valence-electron chi connectivity index (χ4n) is 1.46. The minimum Gasteiger partial charge on any atom is -0.467 e. The highest BCUT2D eigenvalue weighted by Gasteiger charge is 2.10. The molecule has 3 nitrogen and oxygen atoms in total. The van der Waals surface area contributed by atoms with Crippen molar-refractivity contribution in [2.45, 2.75) is 65.5 Å². The quantitative estimate of drug-likeness (QED) is 0.660. The second-order valence-corrected chi connectivity index (χ2v) is 7.03. The van der Waals surface area contributed by atoms with Crippen LogP contribution in [-0.4, -0.2) is 24.2 Å². The van der Waals surface area contributed by atoms with Gasteiger partial charge >= 0.3 is 0 Å². The first-order valence-corrected chi connectivity index (χ1v) is 7.03. The van der Waals surface area contributed by atoms with Crippen LogP contribution in [0.15, 0.2) is 24.7 Å². The Labute approximate surface area is 119 Å². The zero-order chi connectivity index (χ0) is 15.1. The molecule has 3 heteroatoms. The summed E-state index contributed by atoms with van der Waals surface area (Å²) in [5.41, 5.74) is 0.266. The summed E-state index contributed by atoms with van der Waals surface area (Å²) in [6.07, 6.45) is 1.62. The summed E-state index contributed by atoms with van der Waals surface area (Å²) < 4.78 is 5.61. The number of hydrogen-bond donors (Lipinski definition) is 2. The van der Waals surface area contributed by atoms with Crippen LogP contribution in [0.2, 0.25) is 0 Å². The molecule has 112 valence electrons. The molecule has 0 aromatic heterocycles. The topological polar surface area (TPSA) is 33.3 Å². The Hall–Kier alpha value is -0.800. The lowest BCUT2D eigenvalue weighted by Crippen LogP contribution is -2.36. The van der Waals surface area contributed by atoms with Gasteiger partial charge in [-0.3, -0.25) is 0 Å². The Morgan fingerprint density at radius 1 is 0.789 bits per heavy atom. The lowest BCUT2D eigenvalue weighted by atomic mass is 10.1. The third-order valence-corrected chi connectivity index (χ3v) is 2.41. The molecule has 19 heavy (non-hydrogen) atoms. The molecule has 0 heterocycles. The van der Waals surface area contributed by atoms with E-state index in [1.54, 1.807) is 0 Å². The summed E-state index contributed by atoms with van der Waals surface area (Å²) in [6, 6.07) is 0. The van der Waals surface area contributed by atoms with Gasteiger partial charge in [0.1, 0.15) is 0 Å². The van der Waals surface area contributed by atoms with Crippen LogP contribution in [0.1, 0.15) is 54.4 Å². The van der Waals surface area contributed by atoms with E-state index >= 15 is 0 Å². The van der Waals surface area contributed by atoms with E-state index in [1.165, 1.54) is 0 Å². The van der Waals surface area contributed by atoms with Crippen molar-refractivity contribution in [2.75, 3.05) is 13.1 Å². The van der Waals surface area contributed by atoms with Gasteiger partial charge < -0.3 is 15.4 Å². The van der Waals surface area contributed by atoms with Gasteiger partial charge in [-0.05, 0) is 41.5 Å². The molecular weight excluding hydrogens is 236 g/mol. The highest BCUT2D eigenvalue weighted by atomic mass is 16.5. The van der Waals surface area contributed by atoms with Gasteiger partial charge in [0.25, 0.3) is 0 Å². The summed E-state index contributed by atoms with van der Waals surface area (Å²) in [6.45, 7) is 22.5. The van der Waals surface area contributed by atoms with Crippen LogP contribution in [0.3, 0.4) is 0 Å². The molecule has 0 fully saturated rings. The van der Waals surface area contributed by atoms with Gasteiger partial charge in [0.05, 0.1) is 11.5 Å². The fraction of sp³-hybridized carbons (Fsp3) is 0.750. The van der Waals surface area contributed by atoms with Crippen LogP contribution in [0.25, 0.3) is 0 Å². The maximum Gasteiger partial charge on any atom is 0.0976 e. The van der Waals surface area contributed by atoms with E-state index in [0.717, 1.165) is 37.4 Å². The van der Waals surface area contributed by atoms with Gasteiger partial charge in [-0.2, -0.15) is 0 Å². The van der Waals surface area contributed by atoms with Crippen molar-refractivity contribution in [1.82, 2.24) is 10.6 Å². The Kier molecular flexibility index (Phi) is 7.38. The van der Waals surface area contributed by atoms with E-state index in [1.807, 2.05) is 0 Å². The molecule has 0 rings (SSSR count). The van der Waals surface area contributed by atoms with E-state index < -0.39 is 0 Å². The van der Waals surface area contributed by atoms with Crippen LogP contribution in [0, 0.1) is 0 Å². The molecule has 0 aromatic carbocycles. The van der Waals surface area contributed by atoms with Crippen molar-refractivity contribution in [3.05, 3.63) is 24.7 Å². The molecule has 0 aliphatic carbocycles. The van der Waals surface area contributed by atoms with E-state index in [-0.39, 0.29) is 11.1 Å². The molecule has 0 unspecified atom stereocenters. The fourth-order valence-corrected chi connectivity index (χ4v) is 1.46. The van der Waals surface area contributed by atoms with Gasteiger partial charge in [-0.25, -0.2) is 0 Å². The first-order chi connectivity index (χ1) is 8.49. The molecule has 0 bridgehead atoms. The van der Waals surface area contributed by atoms with Gasteiger partial charge in [0.15, 0.2) is 0 Å². The van der Waals surface area contributed by atoms with Gasteiger partial charge in [-0.15, -0.1) is 0 Å². The molecule has 0 atom stereocenters. The summed E-state index contributed by atoms with van der Waals surface area (Å²) in [5, 5.41) is 6.81. The molecule has 0 aliphatic heterocycles. The molecule has 0 saturated heterocycles. The Morgan fingerprint density at radius 2 is 1.11 bits per heavy atom. The van der Waals surface area contributed by atoms with E-state index in [2.05, 4.69) is 65.3 Å². The standard InChI is InChI=1S/C16H32N2O/c1-13(9-11-17-15(3,4)5)19-14(2)10-12-18-16(6,7)8/h17-18H,1-2,9-12H2,3-8H3. The van der Waals surface area contributed by atoms with Crippen molar-refractivity contribution in [1.29, 1.82) is 0 Å². The van der Waals surface area contributed by atoms with E-state index in [4.69, 9.17) is 4.74 Å². The van der Waals surface area contributed by atoms with Crippen molar-refractivity contribution >= 4 is 0 Å². The Bertz CT molecular complexity index is 265. The summed E-state index contributed by atoms with van der Waals surface area (Å²) >= 11 is 0. The second-order valence-electron chi connectivity index (χ2n) is 7.03. The Morgan fingerprint density at radius 3 is 1.37 bits per heavy atom. The van der Waals surface area contributed by atoms with Gasteiger partial charge in [0, 0.05) is 37.0 Å². The predicted molar refractivity (Wildman–Crippen MR) is 84.1 cm³/mol. The molecule has 0 saturated carbocycles. The van der Waals surface area contributed by atoms with E-state index in [9.17, 15) is 0 Å². The van der Waals surface area contributed by atoms with Crippen molar-refractivity contribution in [3.8, 4) is 0 Å². The first-order valence-electron chi connectivity index (χ1n) is 7.03. The van der Waals surface area contributed by atoms with E-state index in [0.29, 0.717) is 0 Å². The van der Waals surface area contributed by atoms with Gasteiger partial charge in [0.2, 0.25) is 0 Å². The highest BCUT2D eigenvalue weighted by molar-refractivity contribution is 4.94. The third kappa shape index (κ3) is 13.4. The largest absolute Gasteiger partial charge is 0.467 e. The minimum absolute atomic E-state index is 0.133. The summed E-state index contributed by atoms with van der Waals surface area (Å²) in [5.74, 6) is 1.55. The second kappa shape index (κ2) is 7.71. The summed E-state index contributed by atoms with van der Waals surface area (Å²) in [7, 11) is 0. The number of hydrogen-bond acceptors (Lipinski definition) is 3. The lowest BCUT2D eigenvalue weighted by Gasteiger charge is -2.22. The zero-order valence-electron chi connectivity index (χ0n) is 13.7. The third-order valence-electron chi connectivity index (χ3n) is 2.41. The van der Waals surface area contributed by atoms with Crippen LogP contribution in [0.4, 0.5) is 0 Å². The molecular formula is C16H32N2O. The molecule has 0 spiro atoms. The smallest absolute Gasteiger partial charge is 0.0976 e. The molecule has 0 radical (unpaired) electrons. The van der Waals surface area contributed by atoms with Crippen molar-refractivity contribution in [2.24, 2.45) is 0 Å². The normalized spacial score (nSPS) is 12.3. The average Bonchev–Trinajstić information content (AvgIpc) is 2.12. The van der Waals surface area contributed by atoms with Crippen LogP contribution >= 0.6 is 0 Å². The molecule has 0 amide bonds. The van der Waals surface area contributed by atoms with Crippen LogP contribution in [0.5, 0.6) is 0 Å².